The van der Waals surface area contributed by atoms with Crippen molar-refractivity contribution in [1.29, 1.82) is 0 Å². The molecule has 0 saturated heterocycles. The predicted octanol–water partition coefficient (Wildman–Crippen LogP) is 3.92. The first-order chi connectivity index (χ1) is 12.0. The molecule has 0 spiro atoms. The van der Waals surface area contributed by atoms with Crippen molar-refractivity contribution in [2.45, 2.75) is 6.18 Å². The quantitative estimate of drug-likeness (QED) is 0.544. The maximum atomic E-state index is 12.9. The van der Waals surface area contributed by atoms with Crippen molar-refractivity contribution in [1.82, 2.24) is 15.6 Å². The first-order valence-electron chi connectivity index (χ1n) is 7.03. The van der Waals surface area contributed by atoms with Crippen molar-refractivity contribution >= 4 is 23.5 Å². The lowest BCUT2D eigenvalue weighted by Crippen LogP contribution is -2.18. The Bertz CT molecular complexity index is 900. The number of alkyl halides is 3. The number of benzene rings is 1. The Kier molecular flexibility index (Phi) is 4.66. The summed E-state index contributed by atoms with van der Waals surface area (Å²) in [7, 11) is 0. The van der Waals surface area contributed by atoms with E-state index in [9.17, 15) is 18.0 Å². The number of carbonyl (C=O) groups excluding carboxylic acids is 1. The summed E-state index contributed by atoms with van der Waals surface area (Å²) in [6.45, 7) is 0. The molecule has 5 nitrogen and oxygen atoms in total. The summed E-state index contributed by atoms with van der Waals surface area (Å²) in [5.74, 6) is -0.571. The number of H-pyrrole nitrogens is 1. The number of hydrazone groups is 1. The van der Waals surface area contributed by atoms with Gasteiger partial charge in [0.1, 0.15) is 0 Å². The summed E-state index contributed by atoms with van der Waals surface area (Å²) < 4.78 is 38.7. The summed E-state index contributed by atoms with van der Waals surface area (Å²) in [5.41, 5.74) is 2.04. The second kappa shape index (κ2) is 6.89. The number of nitrogens with one attached hydrogen (secondary N) is 2. The van der Waals surface area contributed by atoms with Crippen molar-refractivity contribution in [3.63, 3.8) is 0 Å². The molecule has 1 amide bonds. The number of amides is 1. The summed E-state index contributed by atoms with van der Waals surface area (Å²) in [4.78, 5) is 13.0. The van der Waals surface area contributed by atoms with Crippen LogP contribution in [0.25, 0.3) is 10.6 Å². The third-order valence-electron chi connectivity index (χ3n) is 3.29. The zero-order valence-electron chi connectivity index (χ0n) is 12.5. The third kappa shape index (κ3) is 3.77. The number of thiophene rings is 1. The molecular formula is C16H11F3N4OS. The molecule has 0 aliphatic carbocycles. The topological polar surface area (TPSA) is 70.1 Å². The van der Waals surface area contributed by atoms with Crippen LogP contribution >= 0.6 is 11.3 Å². The summed E-state index contributed by atoms with van der Waals surface area (Å²) >= 11 is 1.42. The van der Waals surface area contributed by atoms with Crippen LogP contribution in [0, 0.1) is 0 Å². The molecule has 1 aromatic carbocycles. The summed E-state index contributed by atoms with van der Waals surface area (Å²) in [6.07, 6.45) is -2.20. The highest BCUT2D eigenvalue weighted by Gasteiger charge is 2.32. The highest BCUT2D eigenvalue weighted by atomic mass is 32.1. The molecule has 3 aromatic rings. The van der Waals surface area contributed by atoms with Crippen LogP contribution in [0.1, 0.15) is 21.5 Å². The van der Waals surface area contributed by atoms with Crippen LogP contribution in [0.15, 0.2) is 53.1 Å². The minimum Gasteiger partial charge on any atom is -0.276 e. The zero-order chi connectivity index (χ0) is 17.9. The van der Waals surface area contributed by atoms with Gasteiger partial charge in [0, 0.05) is 5.56 Å². The van der Waals surface area contributed by atoms with Crippen LogP contribution in [-0.4, -0.2) is 22.3 Å². The van der Waals surface area contributed by atoms with Crippen molar-refractivity contribution in [3.8, 4) is 10.6 Å². The second-order valence-corrected chi connectivity index (χ2v) is 5.87. The molecular weight excluding hydrogens is 353 g/mol. The van der Waals surface area contributed by atoms with Crippen LogP contribution < -0.4 is 5.43 Å². The SMILES string of the molecule is O=C(N/N=C/c1ccccc1C(F)(F)F)c1cn[nH]c1-c1cccs1. The number of carbonyl (C=O) groups is 1. The maximum Gasteiger partial charge on any atom is 0.417 e. The monoisotopic (exact) mass is 364 g/mol. The van der Waals surface area contributed by atoms with E-state index in [2.05, 4.69) is 20.7 Å². The number of hydrogen-bond donors (Lipinski definition) is 2. The minimum atomic E-state index is -4.50. The lowest BCUT2D eigenvalue weighted by atomic mass is 10.1. The second-order valence-electron chi connectivity index (χ2n) is 4.92. The fourth-order valence-corrected chi connectivity index (χ4v) is 2.89. The Balaban J connectivity index is 1.76. The van der Waals surface area contributed by atoms with Crippen LogP contribution in [-0.2, 0) is 6.18 Å². The highest BCUT2D eigenvalue weighted by molar-refractivity contribution is 7.13. The molecule has 0 radical (unpaired) electrons. The Hall–Kier alpha value is -2.94. The van der Waals surface area contributed by atoms with E-state index < -0.39 is 17.6 Å². The third-order valence-corrected chi connectivity index (χ3v) is 4.17. The van der Waals surface area contributed by atoms with E-state index in [1.165, 1.54) is 35.7 Å². The van der Waals surface area contributed by atoms with Gasteiger partial charge in [0.15, 0.2) is 0 Å². The molecule has 2 heterocycles. The van der Waals surface area contributed by atoms with E-state index in [1.807, 2.05) is 17.5 Å². The first-order valence-corrected chi connectivity index (χ1v) is 7.91. The van der Waals surface area contributed by atoms with Crippen LogP contribution in [0.3, 0.4) is 0 Å². The Morgan fingerprint density at radius 2 is 2.04 bits per heavy atom. The van der Waals surface area contributed by atoms with E-state index in [0.717, 1.165) is 17.2 Å². The van der Waals surface area contributed by atoms with Gasteiger partial charge in [-0.2, -0.15) is 23.4 Å². The normalized spacial score (nSPS) is 11.8. The molecule has 3 rings (SSSR count). The smallest absolute Gasteiger partial charge is 0.276 e. The fourth-order valence-electron chi connectivity index (χ4n) is 2.16. The standard InChI is InChI=1S/C16H11F3N4OS/c17-16(18,19)12-5-2-1-4-10(12)8-20-23-15(24)11-9-21-22-14(11)13-6-3-7-25-13/h1-9H,(H,21,22)(H,23,24)/b20-8+. The number of rotatable bonds is 4. The van der Waals surface area contributed by atoms with Gasteiger partial charge in [-0.25, -0.2) is 5.43 Å². The lowest BCUT2D eigenvalue weighted by Gasteiger charge is -2.09. The van der Waals surface area contributed by atoms with Crippen LogP contribution in [0.2, 0.25) is 0 Å². The molecule has 128 valence electrons. The molecule has 25 heavy (non-hydrogen) atoms. The highest BCUT2D eigenvalue weighted by Crippen LogP contribution is 2.31. The van der Waals surface area contributed by atoms with Gasteiger partial charge in [-0.3, -0.25) is 9.89 Å². The fraction of sp³-hybridized carbons (Fsp3) is 0.0625. The van der Waals surface area contributed by atoms with Gasteiger partial charge >= 0.3 is 6.18 Å². The van der Waals surface area contributed by atoms with Crippen molar-refractivity contribution in [3.05, 3.63) is 64.7 Å². The van der Waals surface area contributed by atoms with Gasteiger partial charge in [0.25, 0.3) is 5.91 Å². The van der Waals surface area contributed by atoms with Crippen molar-refractivity contribution in [2.24, 2.45) is 5.10 Å². The first kappa shape index (κ1) is 16.9. The molecule has 0 aliphatic heterocycles. The molecule has 0 unspecified atom stereocenters. The Labute approximate surface area is 144 Å². The minimum absolute atomic E-state index is 0.138. The molecule has 0 fully saturated rings. The molecule has 0 bridgehead atoms. The number of halogens is 3. The lowest BCUT2D eigenvalue weighted by molar-refractivity contribution is -0.137. The number of aromatic amines is 1. The van der Waals surface area contributed by atoms with Gasteiger partial charge < -0.3 is 0 Å². The van der Waals surface area contributed by atoms with Crippen molar-refractivity contribution in [2.75, 3.05) is 0 Å². The van der Waals surface area contributed by atoms with Gasteiger partial charge in [-0.1, -0.05) is 24.3 Å². The average Bonchev–Trinajstić information content (AvgIpc) is 3.25. The van der Waals surface area contributed by atoms with E-state index in [1.54, 1.807) is 0 Å². The maximum absolute atomic E-state index is 12.9. The van der Waals surface area contributed by atoms with Crippen LogP contribution in [0.4, 0.5) is 13.2 Å². The number of nitrogens with zero attached hydrogens (tertiary/aromatic N) is 2. The molecule has 9 heteroatoms. The molecule has 0 saturated carbocycles. The van der Waals surface area contributed by atoms with E-state index >= 15 is 0 Å². The van der Waals surface area contributed by atoms with Gasteiger partial charge in [-0.05, 0) is 17.5 Å². The van der Waals surface area contributed by atoms with E-state index in [4.69, 9.17) is 0 Å². The average molecular weight is 364 g/mol. The number of hydrogen-bond acceptors (Lipinski definition) is 4. The molecule has 0 atom stereocenters. The molecule has 2 aromatic heterocycles. The Morgan fingerprint density at radius 3 is 2.76 bits per heavy atom. The van der Waals surface area contributed by atoms with E-state index in [-0.39, 0.29) is 11.1 Å². The zero-order valence-corrected chi connectivity index (χ0v) is 13.4. The number of aromatic nitrogens is 2. The van der Waals surface area contributed by atoms with Gasteiger partial charge in [0.2, 0.25) is 0 Å². The van der Waals surface area contributed by atoms with Gasteiger partial charge in [-0.15, -0.1) is 11.3 Å². The molecule has 0 aliphatic rings. The van der Waals surface area contributed by atoms with Gasteiger partial charge in [0.05, 0.1) is 34.1 Å². The predicted molar refractivity (Wildman–Crippen MR) is 88.4 cm³/mol. The summed E-state index contributed by atoms with van der Waals surface area (Å²) in [5, 5.41) is 12.0. The van der Waals surface area contributed by atoms with E-state index in [0.29, 0.717) is 5.69 Å². The van der Waals surface area contributed by atoms with Crippen molar-refractivity contribution < 1.29 is 18.0 Å². The largest absolute Gasteiger partial charge is 0.417 e. The Morgan fingerprint density at radius 1 is 1.24 bits per heavy atom. The van der Waals surface area contributed by atoms with Crippen LogP contribution in [0.5, 0.6) is 0 Å². The summed E-state index contributed by atoms with van der Waals surface area (Å²) in [6, 6.07) is 8.62. The molecule has 2 N–H and O–H groups in total.